The molecule has 0 radical (unpaired) electrons. The van der Waals surface area contributed by atoms with Crippen LogP contribution in [0.3, 0.4) is 0 Å². The van der Waals surface area contributed by atoms with E-state index in [0.717, 1.165) is 32.0 Å². The number of aliphatic imine (C=N–C) groups is 1. The van der Waals surface area contributed by atoms with Gasteiger partial charge in [0.15, 0.2) is 11.8 Å². The average Bonchev–Trinajstić information content (AvgIpc) is 2.80. The van der Waals surface area contributed by atoms with Crippen LogP contribution >= 0.6 is 24.0 Å². The number of aryl methyl sites for hydroxylation is 1. The highest BCUT2D eigenvalue weighted by atomic mass is 127. The number of nitrogens with one attached hydrogen (secondary N) is 2. The molecule has 2 rings (SSSR count). The first-order valence-electron chi connectivity index (χ1n) is 8.81. The van der Waals surface area contributed by atoms with E-state index < -0.39 is 0 Å². The van der Waals surface area contributed by atoms with Gasteiger partial charge in [0.2, 0.25) is 5.89 Å². The van der Waals surface area contributed by atoms with E-state index in [2.05, 4.69) is 37.6 Å². The summed E-state index contributed by atoms with van der Waals surface area (Å²) in [5.41, 5.74) is 0. The number of hydrogen-bond acceptors (Lipinski definition) is 5. The topological polar surface area (TPSA) is 78.6 Å². The van der Waals surface area contributed by atoms with Gasteiger partial charge in [-0.25, -0.2) is 4.99 Å². The molecule has 8 heteroatoms. The predicted octanol–water partition coefficient (Wildman–Crippen LogP) is 2.32. The maximum absolute atomic E-state index is 4.96. The summed E-state index contributed by atoms with van der Waals surface area (Å²) in [6.45, 7) is 9.71. The number of hydrogen-bond donors (Lipinski definition) is 2. The molecule has 1 aromatic heterocycles. The monoisotopic (exact) mass is 450 g/mol. The minimum absolute atomic E-state index is 0. The number of likely N-dealkylation sites (tertiary alicyclic amines) is 1. The lowest BCUT2D eigenvalue weighted by atomic mass is 10.2. The summed E-state index contributed by atoms with van der Waals surface area (Å²) in [5.74, 6) is 2.00. The Morgan fingerprint density at radius 3 is 2.58 bits per heavy atom. The summed E-state index contributed by atoms with van der Waals surface area (Å²) >= 11 is 0. The highest BCUT2D eigenvalue weighted by Crippen LogP contribution is 2.09. The van der Waals surface area contributed by atoms with Crippen molar-refractivity contribution in [1.82, 2.24) is 25.7 Å². The summed E-state index contributed by atoms with van der Waals surface area (Å²) in [7, 11) is 0. The zero-order valence-electron chi connectivity index (χ0n) is 14.9. The molecule has 0 atom stereocenters. The van der Waals surface area contributed by atoms with Crippen LogP contribution in [-0.2, 0) is 6.54 Å². The third kappa shape index (κ3) is 8.27. The molecule has 2 heterocycles. The van der Waals surface area contributed by atoms with Crippen LogP contribution in [0.25, 0.3) is 0 Å². The standard InChI is InChI=1S/C16H30N6O.HI/c1-3-17-16(19-13-15-20-14(2)23-21-15)18-9-8-12-22-10-6-4-5-7-11-22;/h3-13H2,1-2H3,(H2,17,18,19);1H. The van der Waals surface area contributed by atoms with E-state index in [1.807, 2.05) is 0 Å². The van der Waals surface area contributed by atoms with Crippen molar-refractivity contribution < 1.29 is 4.52 Å². The Kier molecular flexibility index (Phi) is 11.0. The lowest BCUT2D eigenvalue weighted by Crippen LogP contribution is -2.39. The first-order valence-corrected chi connectivity index (χ1v) is 8.81. The molecule has 0 unspecified atom stereocenters. The van der Waals surface area contributed by atoms with Crippen molar-refractivity contribution >= 4 is 29.9 Å². The Labute approximate surface area is 162 Å². The van der Waals surface area contributed by atoms with Gasteiger partial charge in [0.1, 0.15) is 6.54 Å². The van der Waals surface area contributed by atoms with E-state index in [1.54, 1.807) is 6.92 Å². The van der Waals surface area contributed by atoms with Crippen LogP contribution in [0.1, 0.15) is 50.7 Å². The highest BCUT2D eigenvalue weighted by Gasteiger charge is 2.08. The van der Waals surface area contributed by atoms with Crippen molar-refractivity contribution in [3.8, 4) is 0 Å². The number of rotatable bonds is 7. The van der Waals surface area contributed by atoms with E-state index >= 15 is 0 Å². The fourth-order valence-corrected chi connectivity index (χ4v) is 2.77. The lowest BCUT2D eigenvalue weighted by Gasteiger charge is -2.20. The van der Waals surface area contributed by atoms with Gasteiger partial charge >= 0.3 is 0 Å². The number of halogens is 1. The Balaban J connectivity index is 0.00000288. The fraction of sp³-hybridized carbons (Fsp3) is 0.812. The molecule has 0 bridgehead atoms. The van der Waals surface area contributed by atoms with Crippen molar-refractivity contribution in [1.29, 1.82) is 0 Å². The quantitative estimate of drug-likeness (QED) is 0.287. The minimum Gasteiger partial charge on any atom is -0.357 e. The molecule has 1 aromatic rings. The van der Waals surface area contributed by atoms with Crippen LogP contribution in [-0.4, -0.2) is 53.7 Å². The van der Waals surface area contributed by atoms with Gasteiger partial charge in [-0.05, 0) is 45.8 Å². The van der Waals surface area contributed by atoms with Crippen LogP contribution in [0.15, 0.2) is 9.52 Å². The van der Waals surface area contributed by atoms with Gasteiger partial charge in [-0.1, -0.05) is 18.0 Å². The van der Waals surface area contributed by atoms with Gasteiger partial charge < -0.3 is 20.1 Å². The van der Waals surface area contributed by atoms with Crippen molar-refractivity contribution in [3.63, 3.8) is 0 Å². The molecule has 24 heavy (non-hydrogen) atoms. The zero-order valence-corrected chi connectivity index (χ0v) is 17.2. The fourth-order valence-electron chi connectivity index (χ4n) is 2.77. The largest absolute Gasteiger partial charge is 0.357 e. The molecule has 2 N–H and O–H groups in total. The summed E-state index contributed by atoms with van der Waals surface area (Å²) < 4.78 is 4.96. The van der Waals surface area contributed by atoms with Crippen molar-refractivity contribution in [3.05, 3.63) is 11.7 Å². The van der Waals surface area contributed by atoms with E-state index in [0.29, 0.717) is 18.3 Å². The molecule has 0 saturated carbocycles. The molecular weight excluding hydrogens is 419 g/mol. The average molecular weight is 450 g/mol. The molecule has 7 nitrogen and oxygen atoms in total. The van der Waals surface area contributed by atoms with E-state index in [-0.39, 0.29) is 24.0 Å². The molecular formula is C16H31IN6O. The van der Waals surface area contributed by atoms with E-state index in [1.165, 1.54) is 38.8 Å². The summed E-state index contributed by atoms with van der Waals surface area (Å²) in [5, 5.41) is 10.5. The van der Waals surface area contributed by atoms with E-state index in [4.69, 9.17) is 4.52 Å². The van der Waals surface area contributed by atoms with Gasteiger partial charge in [-0.15, -0.1) is 24.0 Å². The second-order valence-electron chi connectivity index (χ2n) is 5.96. The molecule has 0 aromatic carbocycles. The molecule has 1 fully saturated rings. The smallest absolute Gasteiger partial charge is 0.223 e. The summed E-state index contributed by atoms with van der Waals surface area (Å²) in [6.07, 6.45) is 6.61. The second-order valence-corrected chi connectivity index (χ2v) is 5.96. The van der Waals surface area contributed by atoms with Gasteiger partial charge in [0.05, 0.1) is 0 Å². The maximum Gasteiger partial charge on any atom is 0.223 e. The Morgan fingerprint density at radius 1 is 1.21 bits per heavy atom. The molecule has 1 saturated heterocycles. The molecule has 0 spiro atoms. The van der Waals surface area contributed by atoms with Crippen LogP contribution in [0, 0.1) is 6.92 Å². The SMILES string of the molecule is CCNC(=NCc1noc(C)n1)NCCCN1CCCCCC1.I. The third-order valence-corrected chi connectivity index (χ3v) is 3.93. The number of aromatic nitrogens is 2. The third-order valence-electron chi connectivity index (χ3n) is 3.93. The van der Waals surface area contributed by atoms with Gasteiger partial charge in [0.25, 0.3) is 0 Å². The molecule has 0 aliphatic carbocycles. The second kappa shape index (κ2) is 12.5. The highest BCUT2D eigenvalue weighted by molar-refractivity contribution is 14.0. The Hall–Kier alpha value is -0.900. The first-order chi connectivity index (χ1) is 11.3. The van der Waals surface area contributed by atoms with Crippen molar-refractivity contribution in [2.45, 2.75) is 52.5 Å². The number of guanidine groups is 1. The Morgan fingerprint density at radius 2 is 1.96 bits per heavy atom. The lowest BCUT2D eigenvalue weighted by molar-refractivity contribution is 0.282. The first kappa shape index (κ1) is 21.1. The normalized spacial score (nSPS) is 16.3. The van der Waals surface area contributed by atoms with Crippen molar-refractivity contribution in [2.75, 3.05) is 32.7 Å². The van der Waals surface area contributed by atoms with Gasteiger partial charge in [0, 0.05) is 20.0 Å². The number of nitrogens with zero attached hydrogens (tertiary/aromatic N) is 4. The summed E-state index contributed by atoms with van der Waals surface area (Å²) in [6, 6.07) is 0. The molecule has 1 aliphatic rings. The van der Waals surface area contributed by atoms with Gasteiger partial charge in [-0.3, -0.25) is 0 Å². The van der Waals surface area contributed by atoms with Crippen LogP contribution < -0.4 is 10.6 Å². The van der Waals surface area contributed by atoms with Crippen LogP contribution in [0.5, 0.6) is 0 Å². The summed E-state index contributed by atoms with van der Waals surface area (Å²) in [4.78, 5) is 11.2. The van der Waals surface area contributed by atoms with Crippen LogP contribution in [0.2, 0.25) is 0 Å². The van der Waals surface area contributed by atoms with E-state index in [9.17, 15) is 0 Å². The van der Waals surface area contributed by atoms with Crippen molar-refractivity contribution in [2.24, 2.45) is 4.99 Å². The zero-order chi connectivity index (χ0) is 16.3. The molecule has 138 valence electrons. The molecule has 0 amide bonds. The maximum atomic E-state index is 4.96. The minimum atomic E-state index is 0. The van der Waals surface area contributed by atoms with Crippen LogP contribution in [0.4, 0.5) is 0 Å². The molecule has 1 aliphatic heterocycles. The van der Waals surface area contributed by atoms with Gasteiger partial charge in [-0.2, -0.15) is 4.98 Å². The predicted molar refractivity (Wildman–Crippen MR) is 107 cm³/mol. The Bertz CT molecular complexity index is 471.